The molecule has 116 valence electrons. The van der Waals surface area contributed by atoms with Crippen molar-refractivity contribution in [3.05, 3.63) is 29.3 Å². The molecular weight excluding hydrogens is 266 g/mol. The molecule has 0 aliphatic heterocycles. The van der Waals surface area contributed by atoms with E-state index in [9.17, 15) is 9.59 Å². The summed E-state index contributed by atoms with van der Waals surface area (Å²) in [7, 11) is 5.17. The van der Waals surface area contributed by atoms with Gasteiger partial charge in [-0.1, -0.05) is 25.1 Å². The third kappa shape index (κ3) is 5.19. The Morgan fingerprint density at radius 3 is 2.38 bits per heavy atom. The minimum Gasteiger partial charge on any atom is -0.348 e. The maximum Gasteiger partial charge on any atom is 0.238 e. The molecular formula is C16H25N3O2. The molecule has 2 amide bonds. The quantitative estimate of drug-likeness (QED) is 0.864. The Morgan fingerprint density at radius 2 is 1.81 bits per heavy atom. The monoisotopic (exact) mass is 291 g/mol. The summed E-state index contributed by atoms with van der Waals surface area (Å²) >= 11 is 0. The topological polar surface area (TPSA) is 52.7 Å². The molecule has 1 N–H and O–H groups in total. The summed E-state index contributed by atoms with van der Waals surface area (Å²) in [5, 5.41) is 2.96. The van der Waals surface area contributed by atoms with Crippen molar-refractivity contribution in [1.29, 1.82) is 0 Å². The normalized spacial score (nSPS) is 10.6. The van der Waals surface area contributed by atoms with Crippen LogP contribution in [-0.2, 0) is 16.0 Å². The molecule has 0 aliphatic rings. The van der Waals surface area contributed by atoms with Gasteiger partial charge < -0.3 is 10.2 Å². The average molecular weight is 291 g/mol. The number of carbonyl (C=O) groups excluding carboxylic acids is 2. The summed E-state index contributed by atoms with van der Waals surface area (Å²) in [5.41, 5.74) is 3.06. The van der Waals surface area contributed by atoms with Crippen LogP contribution in [-0.4, -0.2) is 55.8 Å². The third-order valence-corrected chi connectivity index (χ3v) is 3.32. The highest BCUT2D eigenvalue weighted by Crippen LogP contribution is 2.20. The second-order valence-corrected chi connectivity index (χ2v) is 5.47. The van der Waals surface area contributed by atoms with Gasteiger partial charge >= 0.3 is 0 Å². The summed E-state index contributed by atoms with van der Waals surface area (Å²) in [6.45, 7) is 4.46. The van der Waals surface area contributed by atoms with Crippen molar-refractivity contribution >= 4 is 17.5 Å². The van der Waals surface area contributed by atoms with E-state index in [0.717, 1.165) is 23.2 Å². The first-order chi connectivity index (χ1) is 9.85. The number of para-hydroxylation sites is 1. The molecule has 0 aromatic heterocycles. The minimum absolute atomic E-state index is 0.0181. The Bertz CT molecular complexity index is 512. The van der Waals surface area contributed by atoms with Crippen LogP contribution in [0.2, 0.25) is 0 Å². The summed E-state index contributed by atoms with van der Waals surface area (Å²) in [6, 6.07) is 5.99. The van der Waals surface area contributed by atoms with Crippen LogP contribution in [0.1, 0.15) is 18.1 Å². The first-order valence-corrected chi connectivity index (χ1v) is 7.12. The van der Waals surface area contributed by atoms with Crippen LogP contribution in [0, 0.1) is 6.92 Å². The average Bonchev–Trinajstić information content (AvgIpc) is 2.40. The standard InChI is InChI=1S/C16H25N3O2/c1-6-13-9-7-8-12(2)16(13)17-14(20)10-19(5)11-15(21)18(3)4/h7-9H,6,10-11H2,1-5H3,(H,17,20). The molecule has 0 saturated heterocycles. The molecule has 21 heavy (non-hydrogen) atoms. The highest BCUT2D eigenvalue weighted by Gasteiger charge is 2.13. The number of likely N-dealkylation sites (N-methyl/N-ethyl adjacent to an activating group) is 2. The molecule has 0 heterocycles. The number of carbonyl (C=O) groups is 2. The number of rotatable bonds is 6. The number of hydrogen-bond acceptors (Lipinski definition) is 3. The van der Waals surface area contributed by atoms with E-state index in [2.05, 4.69) is 12.2 Å². The summed E-state index contributed by atoms with van der Waals surface area (Å²) in [4.78, 5) is 26.9. The highest BCUT2D eigenvalue weighted by atomic mass is 16.2. The van der Waals surface area contributed by atoms with E-state index in [1.807, 2.05) is 25.1 Å². The van der Waals surface area contributed by atoms with E-state index >= 15 is 0 Å². The lowest BCUT2D eigenvalue weighted by molar-refractivity contribution is -0.130. The van der Waals surface area contributed by atoms with Crippen molar-refractivity contribution in [1.82, 2.24) is 9.80 Å². The molecule has 1 aromatic carbocycles. The largest absolute Gasteiger partial charge is 0.348 e. The van der Waals surface area contributed by atoms with Crippen molar-refractivity contribution in [2.75, 3.05) is 39.5 Å². The molecule has 1 rings (SSSR count). The summed E-state index contributed by atoms with van der Waals surface area (Å²) in [5.74, 6) is -0.122. The van der Waals surface area contributed by atoms with Crippen LogP contribution in [0.25, 0.3) is 0 Å². The zero-order valence-corrected chi connectivity index (χ0v) is 13.6. The van der Waals surface area contributed by atoms with E-state index in [0.29, 0.717) is 0 Å². The van der Waals surface area contributed by atoms with Crippen LogP contribution >= 0.6 is 0 Å². The number of benzene rings is 1. The number of anilines is 1. The van der Waals surface area contributed by atoms with Crippen LogP contribution in [0.15, 0.2) is 18.2 Å². The Labute approximate surface area is 126 Å². The van der Waals surface area contributed by atoms with Gasteiger partial charge in [0.2, 0.25) is 11.8 Å². The zero-order valence-electron chi connectivity index (χ0n) is 13.6. The van der Waals surface area contributed by atoms with Crippen LogP contribution < -0.4 is 5.32 Å². The van der Waals surface area contributed by atoms with Crippen LogP contribution in [0.3, 0.4) is 0 Å². The molecule has 0 fully saturated rings. The van der Waals surface area contributed by atoms with E-state index in [-0.39, 0.29) is 24.9 Å². The molecule has 0 unspecified atom stereocenters. The lowest BCUT2D eigenvalue weighted by atomic mass is 10.1. The van der Waals surface area contributed by atoms with E-state index in [4.69, 9.17) is 0 Å². The van der Waals surface area contributed by atoms with Gasteiger partial charge in [-0.25, -0.2) is 0 Å². The van der Waals surface area contributed by atoms with Gasteiger partial charge in [-0.15, -0.1) is 0 Å². The Morgan fingerprint density at radius 1 is 1.14 bits per heavy atom. The second kappa shape index (κ2) is 7.78. The van der Waals surface area contributed by atoms with Gasteiger partial charge in [0.15, 0.2) is 0 Å². The van der Waals surface area contributed by atoms with Crippen molar-refractivity contribution in [2.45, 2.75) is 20.3 Å². The Balaban J connectivity index is 2.64. The molecule has 0 radical (unpaired) electrons. The van der Waals surface area contributed by atoms with Gasteiger partial charge in [0, 0.05) is 19.8 Å². The number of nitrogens with one attached hydrogen (secondary N) is 1. The molecule has 1 aromatic rings. The SMILES string of the molecule is CCc1cccc(C)c1NC(=O)CN(C)CC(=O)N(C)C. The van der Waals surface area contributed by atoms with Gasteiger partial charge in [0.25, 0.3) is 0 Å². The van der Waals surface area contributed by atoms with Gasteiger partial charge in [-0.3, -0.25) is 14.5 Å². The summed E-state index contributed by atoms with van der Waals surface area (Å²) in [6.07, 6.45) is 0.867. The molecule has 0 saturated carbocycles. The first-order valence-electron chi connectivity index (χ1n) is 7.12. The molecule has 0 atom stereocenters. The van der Waals surface area contributed by atoms with E-state index in [1.54, 1.807) is 26.0 Å². The van der Waals surface area contributed by atoms with Crippen molar-refractivity contribution in [2.24, 2.45) is 0 Å². The maximum absolute atomic E-state index is 12.1. The Kier molecular flexibility index (Phi) is 6.37. The third-order valence-electron chi connectivity index (χ3n) is 3.32. The lowest BCUT2D eigenvalue weighted by Crippen LogP contribution is -2.38. The highest BCUT2D eigenvalue weighted by molar-refractivity contribution is 5.94. The van der Waals surface area contributed by atoms with Crippen molar-refractivity contribution in [3.8, 4) is 0 Å². The zero-order chi connectivity index (χ0) is 16.0. The van der Waals surface area contributed by atoms with E-state index < -0.39 is 0 Å². The predicted molar refractivity (Wildman–Crippen MR) is 85.4 cm³/mol. The van der Waals surface area contributed by atoms with Crippen molar-refractivity contribution in [3.63, 3.8) is 0 Å². The van der Waals surface area contributed by atoms with Crippen LogP contribution in [0.5, 0.6) is 0 Å². The fourth-order valence-corrected chi connectivity index (χ4v) is 2.05. The fourth-order valence-electron chi connectivity index (χ4n) is 2.05. The molecule has 5 nitrogen and oxygen atoms in total. The number of nitrogens with zero attached hydrogens (tertiary/aromatic N) is 2. The second-order valence-electron chi connectivity index (χ2n) is 5.47. The number of amides is 2. The lowest BCUT2D eigenvalue weighted by Gasteiger charge is -2.19. The van der Waals surface area contributed by atoms with Gasteiger partial charge in [0.1, 0.15) is 0 Å². The van der Waals surface area contributed by atoms with Gasteiger partial charge in [-0.05, 0) is 31.5 Å². The van der Waals surface area contributed by atoms with Gasteiger partial charge in [0.05, 0.1) is 13.1 Å². The molecule has 0 bridgehead atoms. The predicted octanol–water partition coefficient (Wildman–Crippen LogP) is 1.52. The first kappa shape index (κ1) is 17.2. The van der Waals surface area contributed by atoms with E-state index in [1.165, 1.54) is 4.90 Å². The number of aryl methyl sites for hydroxylation is 2. The molecule has 0 aliphatic carbocycles. The minimum atomic E-state index is -0.104. The molecule has 0 spiro atoms. The number of hydrogen-bond donors (Lipinski definition) is 1. The fraction of sp³-hybridized carbons (Fsp3) is 0.500. The van der Waals surface area contributed by atoms with Gasteiger partial charge in [-0.2, -0.15) is 0 Å². The molecule has 5 heteroatoms. The Hall–Kier alpha value is -1.88. The maximum atomic E-state index is 12.1. The van der Waals surface area contributed by atoms with Crippen LogP contribution in [0.4, 0.5) is 5.69 Å². The summed E-state index contributed by atoms with van der Waals surface area (Å²) < 4.78 is 0. The van der Waals surface area contributed by atoms with Crippen molar-refractivity contribution < 1.29 is 9.59 Å². The smallest absolute Gasteiger partial charge is 0.238 e.